The van der Waals surface area contributed by atoms with Gasteiger partial charge in [-0.05, 0) is 45.2 Å². The van der Waals surface area contributed by atoms with Crippen LogP contribution in [0, 0.1) is 5.92 Å². The third-order valence-electron chi connectivity index (χ3n) is 4.66. The molecule has 1 aromatic heterocycles. The van der Waals surface area contributed by atoms with Crippen LogP contribution in [0.25, 0.3) is 0 Å². The summed E-state index contributed by atoms with van der Waals surface area (Å²) < 4.78 is 2.36. The molecule has 19 heavy (non-hydrogen) atoms. The summed E-state index contributed by atoms with van der Waals surface area (Å²) in [5.41, 5.74) is 0. The van der Waals surface area contributed by atoms with Crippen LogP contribution in [0.4, 0.5) is 5.95 Å². The summed E-state index contributed by atoms with van der Waals surface area (Å²) in [5.74, 6) is 1.85. The van der Waals surface area contributed by atoms with Crippen LogP contribution in [0.2, 0.25) is 0 Å². The maximum absolute atomic E-state index is 4.50. The minimum Gasteiger partial charge on any atom is -0.355 e. The Balaban J connectivity index is 1.56. The molecule has 1 saturated carbocycles. The molecule has 1 saturated heterocycles. The van der Waals surface area contributed by atoms with E-state index in [0.29, 0.717) is 6.04 Å². The van der Waals surface area contributed by atoms with Crippen molar-refractivity contribution in [2.75, 3.05) is 32.0 Å². The van der Waals surface area contributed by atoms with Crippen molar-refractivity contribution in [1.29, 1.82) is 0 Å². The van der Waals surface area contributed by atoms with Gasteiger partial charge in [0.25, 0.3) is 0 Å². The standard InChI is InChI=1S/C15H26N4/c1-18-9-4-5-13(12-18)11-17-15-16-8-10-19(15)14-6-2-3-7-14/h8,10,13-14H,2-7,9,11-12H2,1H3,(H,16,17). The largest absolute Gasteiger partial charge is 0.355 e. The van der Waals surface area contributed by atoms with Gasteiger partial charge in [-0.3, -0.25) is 0 Å². The highest BCUT2D eigenvalue weighted by Gasteiger charge is 2.21. The second-order valence-electron chi connectivity index (χ2n) is 6.25. The second kappa shape index (κ2) is 5.95. The van der Waals surface area contributed by atoms with Crippen LogP contribution in [-0.4, -0.2) is 41.1 Å². The zero-order valence-corrected chi connectivity index (χ0v) is 12.0. The van der Waals surface area contributed by atoms with Gasteiger partial charge in [0.2, 0.25) is 5.95 Å². The molecular weight excluding hydrogens is 236 g/mol. The molecular formula is C15H26N4. The van der Waals surface area contributed by atoms with Gasteiger partial charge >= 0.3 is 0 Å². The van der Waals surface area contributed by atoms with Crippen molar-refractivity contribution < 1.29 is 0 Å². The number of aromatic nitrogens is 2. The number of piperidine rings is 1. The highest BCUT2D eigenvalue weighted by atomic mass is 15.2. The third kappa shape index (κ3) is 3.11. The lowest BCUT2D eigenvalue weighted by Crippen LogP contribution is -2.35. The van der Waals surface area contributed by atoms with Crippen LogP contribution in [-0.2, 0) is 0 Å². The topological polar surface area (TPSA) is 33.1 Å². The van der Waals surface area contributed by atoms with Gasteiger partial charge in [-0.15, -0.1) is 0 Å². The van der Waals surface area contributed by atoms with E-state index in [2.05, 4.69) is 33.0 Å². The second-order valence-corrected chi connectivity index (χ2v) is 6.25. The maximum Gasteiger partial charge on any atom is 0.203 e. The summed E-state index contributed by atoms with van der Waals surface area (Å²) in [7, 11) is 2.23. The van der Waals surface area contributed by atoms with Crippen LogP contribution in [0.3, 0.4) is 0 Å². The average Bonchev–Trinajstić information content (AvgIpc) is 3.07. The Morgan fingerprint density at radius 1 is 1.26 bits per heavy atom. The fourth-order valence-corrected chi connectivity index (χ4v) is 3.60. The Morgan fingerprint density at radius 2 is 2.11 bits per heavy atom. The maximum atomic E-state index is 4.50. The van der Waals surface area contributed by atoms with E-state index in [0.717, 1.165) is 18.4 Å². The molecule has 0 radical (unpaired) electrons. The summed E-state index contributed by atoms with van der Waals surface area (Å²) in [6.45, 7) is 3.54. The number of hydrogen-bond acceptors (Lipinski definition) is 3. The summed E-state index contributed by atoms with van der Waals surface area (Å²) in [6.07, 6.45) is 12.1. The van der Waals surface area contributed by atoms with E-state index in [1.165, 1.54) is 51.6 Å². The van der Waals surface area contributed by atoms with Crippen molar-refractivity contribution in [1.82, 2.24) is 14.5 Å². The normalized spacial score (nSPS) is 25.8. The first-order valence-corrected chi connectivity index (χ1v) is 7.78. The number of anilines is 1. The first kappa shape index (κ1) is 13.0. The summed E-state index contributed by atoms with van der Waals surface area (Å²) in [4.78, 5) is 6.95. The van der Waals surface area contributed by atoms with Gasteiger partial charge in [0.1, 0.15) is 0 Å². The molecule has 2 heterocycles. The summed E-state index contributed by atoms with van der Waals surface area (Å²) in [6, 6.07) is 0.680. The third-order valence-corrected chi connectivity index (χ3v) is 4.66. The van der Waals surface area contributed by atoms with Crippen LogP contribution in [0.15, 0.2) is 12.4 Å². The molecule has 0 aromatic carbocycles. The van der Waals surface area contributed by atoms with Crippen molar-refractivity contribution in [3.63, 3.8) is 0 Å². The molecule has 0 bridgehead atoms. The van der Waals surface area contributed by atoms with Gasteiger partial charge in [-0.25, -0.2) is 4.98 Å². The Labute approximate surface area is 116 Å². The molecule has 3 rings (SSSR count). The Bertz CT molecular complexity index is 395. The van der Waals surface area contributed by atoms with Gasteiger partial charge in [-0.2, -0.15) is 0 Å². The molecule has 1 unspecified atom stereocenters. The molecule has 106 valence electrons. The lowest BCUT2D eigenvalue weighted by Gasteiger charge is -2.30. The van der Waals surface area contributed by atoms with Crippen molar-refractivity contribution in [3.8, 4) is 0 Å². The first-order valence-electron chi connectivity index (χ1n) is 7.78. The predicted octanol–water partition coefficient (Wildman–Crippen LogP) is 2.75. The van der Waals surface area contributed by atoms with Crippen molar-refractivity contribution in [2.24, 2.45) is 5.92 Å². The predicted molar refractivity (Wildman–Crippen MR) is 78.4 cm³/mol. The van der Waals surface area contributed by atoms with E-state index in [-0.39, 0.29) is 0 Å². The molecule has 1 N–H and O–H groups in total. The number of rotatable bonds is 4. The van der Waals surface area contributed by atoms with Crippen LogP contribution < -0.4 is 5.32 Å². The zero-order chi connectivity index (χ0) is 13.1. The lowest BCUT2D eigenvalue weighted by atomic mass is 9.99. The summed E-state index contributed by atoms with van der Waals surface area (Å²) >= 11 is 0. The van der Waals surface area contributed by atoms with E-state index in [4.69, 9.17) is 0 Å². The first-order chi connectivity index (χ1) is 9.33. The molecule has 1 aromatic rings. The average molecular weight is 262 g/mol. The number of likely N-dealkylation sites (tertiary alicyclic amines) is 1. The fourth-order valence-electron chi connectivity index (χ4n) is 3.60. The number of hydrogen-bond donors (Lipinski definition) is 1. The molecule has 2 fully saturated rings. The summed E-state index contributed by atoms with van der Waals surface area (Å²) in [5, 5.41) is 3.59. The Morgan fingerprint density at radius 3 is 2.89 bits per heavy atom. The SMILES string of the molecule is CN1CCCC(CNc2nccn2C2CCCC2)C1. The monoisotopic (exact) mass is 262 g/mol. The molecule has 1 atom stereocenters. The fraction of sp³-hybridized carbons (Fsp3) is 0.800. The van der Waals surface area contributed by atoms with Crippen LogP contribution in [0.1, 0.15) is 44.6 Å². The van der Waals surface area contributed by atoms with Crippen molar-refractivity contribution >= 4 is 5.95 Å². The Kier molecular flexibility index (Phi) is 4.06. The lowest BCUT2D eigenvalue weighted by molar-refractivity contribution is 0.217. The van der Waals surface area contributed by atoms with E-state index in [1.807, 2.05) is 6.20 Å². The molecule has 0 amide bonds. The van der Waals surface area contributed by atoms with Gasteiger partial charge in [0.15, 0.2) is 0 Å². The van der Waals surface area contributed by atoms with Gasteiger partial charge in [0.05, 0.1) is 0 Å². The highest BCUT2D eigenvalue weighted by molar-refractivity contribution is 5.27. The number of imidazole rings is 1. The molecule has 1 aliphatic heterocycles. The molecule has 0 spiro atoms. The van der Waals surface area contributed by atoms with Gasteiger partial charge in [-0.1, -0.05) is 12.8 Å². The molecule has 4 heteroatoms. The highest BCUT2D eigenvalue weighted by Crippen LogP contribution is 2.31. The smallest absolute Gasteiger partial charge is 0.203 e. The van der Waals surface area contributed by atoms with E-state index >= 15 is 0 Å². The van der Waals surface area contributed by atoms with Crippen LogP contribution >= 0.6 is 0 Å². The molecule has 1 aliphatic carbocycles. The molecule has 2 aliphatic rings. The van der Waals surface area contributed by atoms with Gasteiger partial charge < -0.3 is 14.8 Å². The van der Waals surface area contributed by atoms with E-state index < -0.39 is 0 Å². The Hall–Kier alpha value is -1.03. The van der Waals surface area contributed by atoms with Gasteiger partial charge in [0, 0.05) is 31.5 Å². The minimum atomic E-state index is 0.680. The van der Waals surface area contributed by atoms with E-state index in [1.54, 1.807) is 0 Å². The van der Waals surface area contributed by atoms with E-state index in [9.17, 15) is 0 Å². The quantitative estimate of drug-likeness (QED) is 0.905. The van der Waals surface area contributed by atoms with Crippen LogP contribution in [0.5, 0.6) is 0 Å². The minimum absolute atomic E-state index is 0.680. The zero-order valence-electron chi connectivity index (χ0n) is 12.0. The van der Waals surface area contributed by atoms with Crippen molar-refractivity contribution in [3.05, 3.63) is 12.4 Å². The number of nitrogens with one attached hydrogen (secondary N) is 1. The number of nitrogens with zero attached hydrogens (tertiary/aromatic N) is 3. The molecule has 4 nitrogen and oxygen atoms in total. The van der Waals surface area contributed by atoms with Crippen molar-refractivity contribution in [2.45, 2.75) is 44.6 Å².